The van der Waals surface area contributed by atoms with E-state index in [2.05, 4.69) is 46.6 Å². The SMILES string of the molecule is C=CCN(C)C/C=C/COc1ccc2c(c1)CCCN2C(=O)c1ccc(Br)cc1. The van der Waals surface area contributed by atoms with Gasteiger partial charge in [-0.15, -0.1) is 6.58 Å². The molecule has 0 atom stereocenters. The van der Waals surface area contributed by atoms with Crippen molar-refractivity contribution in [3.8, 4) is 5.75 Å². The number of benzene rings is 2. The molecule has 0 aromatic heterocycles. The lowest BCUT2D eigenvalue weighted by atomic mass is 10.0. The molecule has 0 radical (unpaired) electrons. The summed E-state index contributed by atoms with van der Waals surface area (Å²) < 4.78 is 6.84. The van der Waals surface area contributed by atoms with Crippen LogP contribution in [0, 0.1) is 0 Å². The Morgan fingerprint density at radius 1 is 1.21 bits per heavy atom. The number of carbonyl (C=O) groups is 1. The normalized spacial score (nSPS) is 13.6. The summed E-state index contributed by atoms with van der Waals surface area (Å²) in [6.45, 7) is 6.74. The van der Waals surface area contributed by atoms with Crippen LogP contribution in [0.3, 0.4) is 0 Å². The number of anilines is 1. The summed E-state index contributed by atoms with van der Waals surface area (Å²) in [5.74, 6) is 0.879. The van der Waals surface area contributed by atoms with Crippen LogP contribution >= 0.6 is 15.9 Å². The van der Waals surface area contributed by atoms with Gasteiger partial charge in [-0.3, -0.25) is 9.69 Å². The van der Waals surface area contributed by atoms with Crippen LogP contribution in [-0.2, 0) is 6.42 Å². The van der Waals surface area contributed by atoms with Gasteiger partial charge in [-0.05, 0) is 67.9 Å². The van der Waals surface area contributed by atoms with Gasteiger partial charge < -0.3 is 9.64 Å². The van der Waals surface area contributed by atoms with Crippen molar-refractivity contribution in [2.45, 2.75) is 12.8 Å². The molecule has 29 heavy (non-hydrogen) atoms. The highest BCUT2D eigenvalue weighted by Gasteiger charge is 2.23. The lowest BCUT2D eigenvalue weighted by Gasteiger charge is -2.30. The summed E-state index contributed by atoms with van der Waals surface area (Å²) in [6, 6.07) is 13.5. The standard InChI is InChI=1S/C24H27BrN2O2/c1-3-14-26(2)15-4-5-17-29-22-12-13-23-20(18-22)7-6-16-27(23)24(28)19-8-10-21(25)11-9-19/h3-5,8-13,18H,1,6-7,14-17H2,2H3/b5-4+. The van der Waals surface area contributed by atoms with Gasteiger partial charge in [0.05, 0.1) is 0 Å². The lowest BCUT2D eigenvalue weighted by Crippen LogP contribution is -2.35. The second-order valence-electron chi connectivity index (χ2n) is 7.15. The van der Waals surface area contributed by atoms with Crippen molar-refractivity contribution in [3.05, 3.63) is 82.9 Å². The maximum atomic E-state index is 13.0. The van der Waals surface area contributed by atoms with Crippen molar-refractivity contribution in [2.75, 3.05) is 38.2 Å². The van der Waals surface area contributed by atoms with Gasteiger partial charge in [0.15, 0.2) is 0 Å². The van der Waals surface area contributed by atoms with Crippen LogP contribution < -0.4 is 9.64 Å². The molecule has 1 aliphatic heterocycles. The third-order valence-corrected chi connectivity index (χ3v) is 5.41. The number of aryl methyl sites for hydroxylation is 1. The van der Waals surface area contributed by atoms with Crippen molar-refractivity contribution in [3.63, 3.8) is 0 Å². The van der Waals surface area contributed by atoms with Gasteiger partial charge in [-0.1, -0.05) is 34.2 Å². The second-order valence-corrected chi connectivity index (χ2v) is 8.07. The largest absolute Gasteiger partial charge is 0.490 e. The van der Waals surface area contributed by atoms with E-state index < -0.39 is 0 Å². The first-order valence-electron chi connectivity index (χ1n) is 9.86. The van der Waals surface area contributed by atoms with Crippen LogP contribution in [0.4, 0.5) is 5.69 Å². The zero-order chi connectivity index (χ0) is 20.6. The first-order valence-corrected chi connectivity index (χ1v) is 10.7. The topological polar surface area (TPSA) is 32.8 Å². The number of fused-ring (bicyclic) bond motifs is 1. The Balaban J connectivity index is 1.63. The Bertz CT molecular complexity index is 877. The fraction of sp³-hybridized carbons (Fsp3) is 0.292. The van der Waals surface area contributed by atoms with E-state index in [1.165, 1.54) is 0 Å². The Morgan fingerprint density at radius 3 is 2.76 bits per heavy atom. The number of nitrogens with zero attached hydrogens (tertiary/aromatic N) is 2. The van der Waals surface area contributed by atoms with Gasteiger partial charge in [-0.25, -0.2) is 0 Å². The molecule has 1 aliphatic rings. The van der Waals surface area contributed by atoms with E-state index in [-0.39, 0.29) is 5.91 Å². The van der Waals surface area contributed by atoms with E-state index in [0.717, 1.165) is 53.9 Å². The van der Waals surface area contributed by atoms with Gasteiger partial charge >= 0.3 is 0 Å². The Morgan fingerprint density at radius 2 is 2.00 bits per heavy atom. The van der Waals surface area contributed by atoms with E-state index in [1.54, 1.807) is 0 Å². The van der Waals surface area contributed by atoms with Crippen LogP contribution in [0.1, 0.15) is 22.3 Å². The van der Waals surface area contributed by atoms with Gasteiger partial charge in [0.2, 0.25) is 0 Å². The number of rotatable bonds is 8. The number of amides is 1. The minimum Gasteiger partial charge on any atom is -0.490 e. The van der Waals surface area contributed by atoms with E-state index in [1.807, 2.05) is 53.5 Å². The maximum Gasteiger partial charge on any atom is 0.258 e. The monoisotopic (exact) mass is 454 g/mol. The van der Waals surface area contributed by atoms with E-state index in [0.29, 0.717) is 12.2 Å². The highest BCUT2D eigenvalue weighted by atomic mass is 79.9. The fourth-order valence-corrected chi connectivity index (χ4v) is 3.65. The fourth-order valence-electron chi connectivity index (χ4n) is 3.38. The van der Waals surface area contributed by atoms with Gasteiger partial charge in [0.25, 0.3) is 5.91 Å². The third-order valence-electron chi connectivity index (χ3n) is 4.88. The van der Waals surface area contributed by atoms with Crippen LogP contribution in [0.25, 0.3) is 0 Å². The van der Waals surface area contributed by atoms with E-state index in [4.69, 9.17) is 4.74 Å². The van der Waals surface area contributed by atoms with Gasteiger partial charge in [0.1, 0.15) is 12.4 Å². The molecule has 0 N–H and O–H groups in total. The highest BCUT2D eigenvalue weighted by molar-refractivity contribution is 9.10. The summed E-state index contributed by atoms with van der Waals surface area (Å²) in [5.41, 5.74) is 2.85. The molecule has 0 bridgehead atoms. The minimum atomic E-state index is 0.0405. The summed E-state index contributed by atoms with van der Waals surface area (Å²) >= 11 is 3.42. The average molecular weight is 455 g/mol. The van der Waals surface area contributed by atoms with E-state index in [9.17, 15) is 4.79 Å². The number of carbonyl (C=O) groups excluding carboxylic acids is 1. The summed E-state index contributed by atoms with van der Waals surface area (Å²) in [5, 5.41) is 0. The van der Waals surface area contributed by atoms with Crippen molar-refractivity contribution in [1.82, 2.24) is 4.90 Å². The molecule has 0 fully saturated rings. The predicted molar refractivity (Wildman–Crippen MR) is 123 cm³/mol. The average Bonchev–Trinajstić information content (AvgIpc) is 2.73. The molecule has 1 amide bonds. The summed E-state index contributed by atoms with van der Waals surface area (Å²) in [4.78, 5) is 17.0. The third kappa shape index (κ3) is 5.81. The minimum absolute atomic E-state index is 0.0405. The molecular weight excluding hydrogens is 428 g/mol. The first-order chi connectivity index (χ1) is 14.1. The molecule has 0 saturated heterocycles. The molecule has 1 heterocycles. The summed E-state index contributed by atoms with van der Waals surface area (Å²) in [6.07, 6.45) is 7.93. The van der Waals surface area contributed by atoms with Gasteiger partial charge in [0, 0.05) is 35.4 Å². The summed E-state index contributed by atoms with van der Waals surface area (Å²) in [7, 11) is 2.05. The molecule has 2 aromatic carbocycles. The molecule has 5 heteroatoms. The van der Waals surface area contributed by atoms with Crippen LogP contribution in [0.2, 0.25) is 0 Å². The number of likely N-dealkylation sites (N-methyl/N-ethyl adjacent to an activating group) is 1. The van der Waals surface area contributed by atoms with E-state index >= 15 is 0 Å². The number of halogens is 1. The molecule has 0 saturated carbocycles. The molecule has 0 unspecified atom stereocenters. The Kier molecular flexibility index (Phi) is 7.67. The molecule has 152 valence electrons. The van der Waals surface area contributed by atoms with Crippen LogP contribution in [-0.4, -0.2) is 44.1 Å². The highest BCUT2D eigenvalue weighted by Crippen LogP contribution is 2.31. The van der Waals surface area contributed by atoms with Crippen molar-refractivity contribution in [2.24, 2.45) is 0 Å². The zero-order valence-electron chi connectivity index (χ0n) is 16.8. The second kappa shape index (κ2) is 10.4. The van der Waals surface area contributed by atoms with Crippen molar-refractivity contribution in [1.29, 1.82) is 0 Å². The van der Waals surface area contributed by atoms with Crippen LogP contribution in [0.5, 0.6) is 5.75 Å². The predicted octanol–water partition coefficient (Wildman–Crippen LogP) is 5.09. The molecule has 0 aliphatic carbocycles. The maximum absolute atomic E-state index is 13.0. The Labute approximate surface area is 181 Å². The molecule has 4 nitrogen and oxygen atoms in total. The quantitative estimate of drug-likeness (QED) is 0.520. The smallest absolute Gasteiger partial charge is 0.258 e. The zero-order valence-corrected chi connectivity index (χ0v) is 18.4. The Hall–Kier alpha value is -2.37. The lowest BCUT2D eigenvalue weighted by molar-refractivity contribution is 0.0985. The van der Waals surface area contributed by atoms with Crippen molar-refractivity contribution < 1.29 is 9.53 Å². The van der Waals surface area contributed by atoms with Gasteiger partial charge in [-0.2, -0.15) is 0 Å². The number of hydrogen-bond donors (Lipinski definition) is 0. The molecule has 3 rings (SSSR count). The molecule has 0 spiro atoms. The van der Waals surface area contributed by atoms with Crippen LogP contribution in [0.15, 0.2) is 71.7 Å². The number of hydrogen-bond acceptors (Lipinski definition) is 3. The molecule has 2 aromatic rings. The number of ether oxygens (including phenoxy) is 1. The van der Waals surface area contributed by atoms with Crippen molar-refractivity contribution >= 4 is 27.5 Å². The molecular formula is C24H27BrN2O2. The first kappa shape index (κ1) is 21.3.